The maximum Gasteiger partial charge on any atom is 0.223 e. The predicted molar refractivity (Wildman–Crippen MR) is 73.6 cm³/mol. The monoisotopic (exact) mass is 253 g/mol. The van der Waals surface area contributed by atoms with Crippen molar-refractivity contribution in [1.29, 1.82) is 0 Å². The minimum atomic E-state index is 0.368. The summed E-state index contributed by atoms with van der Waals surface area (Å²) in [6.07, 6.45) is 4.40. The van der Waals surface area contributed by atoms with Gasteiger partial charge in [0.2, 0.25) is 5.91 Å². The fraction of sp³-hybridized carbons (Fsp3) is 0.929. The molecule has 0 saturated carbocycles. The van der Waals surface area contributed by atoms with Gasteiger partial charge in [0, 0.05) is 52.2 Å². The van der Waals surface area contributed by atoms with Gasteiger partial charge in [0.25, 0.3) is 0 Å². The van der Waals surface area contributed by atoms with Crippen molar-refractivity contribution in [3.05, 3.63) is 0 Å². The Morgan fingerprint density at radius 2 is 1.50 bits per heavy atom. The average molecular weight is 253 g/mol. The zero-order chi connectivity index (χ0) is 12.8. The first-order chi connectivity index (χ1) is 8.79. The number of hydrogen-bond donors (Lipinski definition) is 0. The fourth-order valence-electron chi connectivity index (χ4n) is 2.88. The first kappa shape index (κ1) is 13.8. The molecule has 0 N–H and O–H groups in total. The number of rotatable bonds is 4. The topological polar surface area (TPSA) is 26.8 Å². The first-order valence-corrected chi connectivity index (χ1v) is 7.52. The maximum absolute atomic E-state index is 12.1. The molecule has 0 unspecified atom stereocenters. The summed E-state index contributed by atoms with van der Waals surface area (Å²) < 4.78 is 0. The Bertz CT molecular complexity index is 256. The van der Waals surface area contributed by atoms with E-state index in [2.05, 4.69) is 21.6 Å². The molecule has 0 bridgehead atoms. The molecule has 4 heteroatoms. The summed E-state index contributed by atoms with van der Waals surface area (Å²) in [7, 11) is 0. The van der Waals surface area contributed by atoms with Crippen LogP contribution in [0, 0.1) is 0 Å². The van der Waals surface area contributed by atoms with E-state index >= 15 is 0 Å². The molecule has 2 rings (SSSR count). The Morgan fingerprint density at radius 1 is 0.889 bits per heavy atom. The Labute approximate surface area is 111 Å². The van der Waals surface area contributed by atoms with Gasteiger partial charge in [-0.05, 0) is 25.8 Å². The Balaban J connectivity index is 1.63. The molecule has 0 aromatic rings. The largest absolute Gasteiger partial charge is 0.343 e. The highest BCUT2D eigenvalue weighted by Crippen LogP contribution is 2.10. The molecule has 0 aromatic carbocycles. The van der Waals surface area contributed by atoms with Gasteiger partial charge < -0.3 is 14.7 Å². The lowest BCUT2D eigenvalue weighted by molar-refractivity contribution is -0.132. The van der Waals surface area contributed by atoms with Crippen molar-refractivity contribution >= 4 is 5.91 Å². The molecule has 2 heterocycles. The van der Waals surface area contributed by atoms with Gasteiger partial charge in [0.1, 0.15) is 0 Å². The Morgan fingerprint density at radius 3 is 2.11 bits per heavy atom. The second-order valence-electron chi connectivity index (χ2n) is 5.47. The van der Waals surface area contributed by atoms with Crippen LogP contribution in [0.4, 0.5) is 0 Å². The first-order valence-electron chi connectivity index (χ1n) is 7.52. The third-order valence-electron chi connectivity index (χ3n) is 4.26. The highest BCUT2D eigenvalue weighted by Gasteiger charge is 2.19. The molecule has 0 spiro atoms. The normalized spacial score (nSPS) is 23.3. The van der Waals surface area contributed by atoms with Crippen LogP contribution in [0.1, 0.15) is 32.6 Å². The van der Waals surface area contributed by atoms with Gasteiger partial charge >= 0.3 is 0 Å². The molecular formula is C14H27N3O. The molecule has 2 saturated heterocycles. The lowest BCUT2D eigenvalue weighted by atomic mass is 10.1. The second kappa shape index (κ2) is 7.10. The van der Waals surface area contributed by atoms with E-state index < -0.39 is 0 Å². The summed E-state index contributed by atoms with van der Waals surface area (Å²) in [5.41, 5.74) is 0. The summed E-state index contributed by atoms with van der Waals surface area (Å²) in [4.78, 5) is 19.0. The molecule has 2 aliphatic heterocycles. The van der Waals surface area contributed by atoms with Crippen LogP contribution in [-0.4, -0.2) is 73.0 Å². The maximum atomic E-state index is 12.1. The van der Waals surface area contributed by atoms with Crippen LogP contribution in [0.25, 0.3) is 0 Å². The molecule has 2 aliphatic rings. The third-order valence-corrected chi connectivity index (χ3v) is 4.26. The predicted octanol–water partition coefficient (Wildman–Crippen LogP) is 1.03. The average Bonchev–Trinajstić information content (AvgIpc) is 2.46. The third kappa shape index (κ3) is 3.95. The second-order valence-corrected chi connectivity index (χ2v) is 5.47. The minimum absolute atomic E-state index is 0.368. The molecule has 4 nitrogen and oxygen atoms in total. The number of piperidine rings is 1. The van der Waals surface area contributed by atoms with E-state index in [4.69, 9.17) is 0 Å². The van der Waals surface area contributed by atoms with E-state index in [1.165, 1.54) is 19.3 Å². The molecule has 0 atom stereocenters. The van der Waals surface area contributed by atoms with Crippen LogP contribution in [0.5, 0.6) is 0 Å². The lowest BCUT2D eigenvalue weighted by Crippen LogP contribution is -2.47. The molecule has 18 heavy (non-hydrogen) atoms. The lowest BCUT2D eigenvalue weighted by Gasteiger charge is -2.34. The van der Waals surface area contributed by atoms with E-state index in [1.807, 2.05) is 0 Å². The van der Waals surface area contributed by atoms with Gasteiger partial charge in [-0.15, -0.1) is 0 Å². The summed E-state index contributed by atoms with van der Waals surface area (Å²) in [5, 5.41) is 0. The van der Waals surface area contributed by atoms with E-state index in [0.717, 1.165) is 52.4 Å². The molecule has 0 aromatic heterocycles. The summed E-state index contributed by atoms with van der Waals surface area (Å²) in [5.74, 6) is 0.368. The number of nitrogens with zero attached hydrogens (tertiary/aromatic N) is 3. The van der Waals surface area contributed by atoms with Crippen molar-refractivity contribution in [1.82, 2.24) is 14.7 Å². The highest BCUT2D eigenvalue weighted by atomic mass is 16.2. The quantitative estimate of drug-likeness (QED) is 0.748. The molecule has 1 amide bonds. The highest BCUT2D eigenvalue weighted by molar-refractivity contribution is 5.76. The van der Waals surface area contributed by atoms with Crippen molar-refractivity contribution < 1.29 is 4.79 Å². The summed E-state index contributed by atoms with van der Waals surface area (Å²) >= 11 is 0. The van der Waals surface area contributed by atoms with Gasteiger partial charge in [-0.1, -0.05) is 6.92 Å². The van der Waals surface area contributed by atoms with Crippen molar-refractivity contribution in [2.75, 3.05) is 52.4 Å². The molecule has 104 valence electrons. The van der Waals surface area contributed by atoms with Crippen LogP contribution in [0.15, 0.2) is 0 Å². The minimum Gasteiger partial charge on any atom is -0.343 e. The standard InChI is InChI=1S/C14H27N3O/c1-2-15-10-12-16(13-11-15)9-6-14(18)17-7-4-3-5-8-17/h2-13H2,1H3. The van der Waals surface area contributed by atoms with Gasteiger partial charge in [-0.2, -0.15) is 0 Å². The number of carbonyl (C=O) groups excluding carboxylic acids is 1. The summed E-state index contributed by atoms with van der Waals surface area (Å²) in [6, 6.07) is 0. The Hall–Kier alpha value is -0.610. The van der Waals surface area contributed by atoms with Crippen molar-refractivity contribution in [3.8, 4) is 0 Å². The van der Waals surface area contributed by atoms with E-state index in [1.54, 1.807) is 0 Å². The van der Waals surface area contributed by atoms with Crippen LogP contribution in [0.2, 0.25) is 0 Å². The van der Waals surface area contributed by atoms with Crippen LogP contribution in [-0.2, 0) is 4.79 Å². The SMILES string of the molecule is CCN1CCN(CCC(=O)N2CCCCC2)CC1. The number of likely N-dealkylation sites (N-methyl/N-ethyl adjacent to an activating group) is 1. The van der Waals surface area contributed by atoms with E-state index in [-0.39, 0.29) is 0 Å². The van der Waals surface area contributed by atoms with Gasteiger partial charge in [-0.3, -0.25) is 4.79 Å². The van der Waals surface area contributed by atoms with Crippen LogP contribution >= 0.6 is 0 Å². The number of piperazine rings is 1. The van der Waals surface area contributed by atoms with Gasteiger partial charge in [-0.25, -0.2) is 0 Å². The summed E-state index contributed by atoms with van der Waals surface area (Å²) in [6.45, 7) is 10.9. The molecule has 0 aliphatic carbocycles. The van der Waals surface area contributed by atoms with Crippen molar-refractivity contribution in [2.45, 2.75) is 32.6 Å². The zero-order valence-corrected chi connectivity index (χ0v) is 11.7. The number of amides is 1. The Kier molecular flexibility index (Phi) is 5.45. The van der Waals surface area contributed by atoms with Gasteiger partial charge in [0.05, 0.1) is 0 Å². The van der Waals surface area contributed by atoms with E-state index in [0.29, 0.717) is 12.3 Å². The molecule has 2 fully saturated rings. The fourth-order valence-corrected chi connectivity index (χ4v) is 2.88. The van der Waals surface area contributed by atoms with Crippen LogP contribution in [0.3, 0.4) is 0 Å². The van der Waals surface area contributed by atoms with E-state index in [9.17, 15) is 4.79 Å². The molecule has 0 radical (unpaired) electrons. The number of likely N-dealkylation sites (tertiary alicyclic amines) is 1. The van der Waals surface area contributed by atoms with Gasteiger partial charge in [0.15, 0.2) is 0 Å². The number of hydrogen-bond acceptors (Lipinski definition) is 3. The molecular weight excluding hydrogens is 226 g/mol. The zero-order valence-electron chi connectivity index (χ0n) is 11.7. The van der Waals surface area contributed by atoms with Crippen LogP contribution < -0.4 is 0 Å². The number of carbonyl (C=O) groups is 1. The van der Waals surface area contributed by atoms with Crippen molar-refractivity contribution in [2.24, 2.45) is 0 Å². The smallest absolute Gasteiger partial charge is 0.223 e. The van der Waals surface area contributed by atoms with Crippen molar-refractivity contribution in [3.63, 3.8) is 0 Å².